The molecule has 3 aliphatic rings. The smallest absolute Gasteiger partial charge is 0.191 e. The van der Waals surface area contributed by atoms with E-state index in [1.165, 1.54) is 84.0 Å². The summed E-state index contributed by atoms with van der Waals surface area (Å²) < 4.78 is 5.69. The SMILES string of the molecule is CCOCCC1(CNC(=NC)NCC2(N3CCCCC3)CCN(C)CC2)CCCC1. The Morgan fingerprint density at radius 2 is 1.57 bits per heavy atom. The summed E-state index contributed by atoms with van der Waals surface area (Å²) in [6.07, 6.45) is 13.1. The fraction of sp³-hybridized carbons (Fsp3) is 0.958. The number of nitrogens with zero attached hydrogens (tertiary/aromatic N) is 3. The van der Waals surface area contributed by atoms with Gasteiger partial charge in [-0.25, -0.2) is 0 Å². The van der Waals surface area contributed by atoms with Crippen LogP contribution in [0.25, 0.3) is 0 Å². The van der Waals surface area contributed by atoms with Crippen LogP contribution < -0.4 is 10.6 Å². The molecule has 2 N–H and O–H groups in total. The average Bonchev–Trinajstić information content (AvgIpc) is 3.25. The van der Waals surface area contributed by atoms with Crippen LogP contribution in [-0.2, 0) is 4.74 Å². The zero-order valence-electron chi connectivity index (χ0n) is 20.0. The Bertz CT molecular complexity index is 518. The molecule has 0 atom stereocenters. The number of likely N-dealkylation sites (tertiary alicyclic amines) is 2. The molecule has 3 rings (SSSR count). The predicted octanol–water partition coefficient (Wildman–Crippen LogP) is 3.09. The first-order valence-corrected chi connectivity index (χ1v) is 12.6. The molecule has 0 aromatic heterocycles. The highest BCUT2D eigenvalue weighted by atomic mass is 16.5. The zero-order valence-corrected chi connectivity index (χ0v) is 20.0. The normalized spacial score (nSPS) is 25.4. The van der Waals surface area contributed by atoms with E-state index in [4.69, 9.17) is 4.74 Å². The van der Waals surface area contributed by atoms with Crippen molar-refractivity contribution in [3.8, 4) is 0 Å². The molecule has 3 fully saturated rings. The number of hydrogen-bond donors (Lipinski definition) is 2. The molecule has 6 nitrogen and oxygen atoms in total. The predicted molar refractivity (Wildman–Crippen MR) is 126 cm³/mol. The molecular weight excluding hydrogens is 374 g/mol. The molecule has 174 valence electrons. The summed E-state index contributed by atoms with van der Waals surface area (Å²) in [4.78, 5) is 9.87. The van der Waals surface area contributed by atoms with Crippen LogP contribution in [0.15, 0.2) is 4.99 Å². The number of aliphatic imine (C=N–C) groups is 1. The largest absolute Gasteiger partial charge is 0.382 e. The Morgan fingerprint density at radius 3 is 2.20 bits per heavy atom. The Balaban J connectivity index is 1.55. The molecule has 1 aliphatic carbocycles. The van der Waals surface area contributed by atoms with Crippen molar-refractivity contribution in [1.82, 2.24) is 20.4 Å². The summed E-state index contributed by atoms with van der Waals surface area (Å²) in [6.45, 7) is 10.7. The zero-order chi connectivity index (χ0) is 21.3. The van der Waals surface area contributed by atoms with Crippen molar-refractivity contribution in [2.45, 2.75) is 76.7 Å². The molecule has 0 unspecified atom stereocenters. The summed E-state index contributed by atoms with van der Waals surface area (Å²) in [5, 5.41) is 7.45. The van der Waals surface area contributed by atoms with Crippen molar-refractivity contribution in [3.05, 3.63) is 0 Å². The fourth-order valence-electron chi connectivity index (χ4n) is 5.82. The Labute approximate surface area is 185 Å². The molecule has 6 heteroatoms. The van der Waals surface area contributed by atoms with E-state index < -0.39 is 0 Å². The third-order valence-electron chi connectivity index (χ3n) is 8.03. The number of guanidine groups is 1. The molecule has 0 spiro atoms. The van der Waals surface area contributed by atoms with Crippen molar-refractivity contribution in [1.29, 1.82) is 0 Å². The number of ether oxygens (including phenoxy) is 1. The summed E-state index contributed by atoms with van der Waals surface area (Å²) in [6, 6.07) is 0. The molecule has 0 bridgehead atoms. The van der Waals surface area contributed by atoms with E-state index in [0.29, 0.717) is 5.41 Å². The van der Waals surface area contributed by atoms with E-state index in [1.807, 2.05) is 7.05 Å². The first kappa shape index (κ1) is 23.8. The van der Waals surface area contributed by atoms with Gasteiger partial charge in [0.2, 0.25) is 0 Å². The van der Waals surface area contributed by atoms with Gasteiger partial charge in [-0.1, -0.05) is 19.3 Å². The minimum atomic E-state index is 0.282. The van der Waals surface area contributed by atoms with Gasteiger partial charge in [0, 0.05) is 38.9 Å². The molecule has 0 aromatic carbocycles. The lowest BCUT2D eigenvalue weighted by Crippen LogP contribution is -2.62. The first-order valence-electron chi connectivity index (χ1n) is 12.6. The number of nitrogens with one attached hydrogen (secondary N) is 2. The van der Waals surface area contributed by atoms with Crippen molar-refractivity contribution >= 4 is 5.96 Å². The summed E-state index contributed by atoms with van der Waals surface area (Å²) in [5.74, 6) is 0.980. The minimum Gasteiger partial charge on any atom is -0.382 e. The van der Waals surface area contributed by atoms with E-state index in [2.05, 4.69) is 39.4 Å². The van der Waals surface area contributed by atoms with Crippen molar-refractivity contribution in [2.24, 2.45) is 10.4 Å². The standard InChI is InChI=1S/C24H47N5O/c1-4-30-19-14-23(10-6-7-11-23)20-26-22(25-2)27-21-24(12-17-28(3)18-13-24)29-15-8-5-9-16-29/h4-21H2,1-3H3,(H2,25,26,27). The number of hydrogen-bond acceptors (Lipinski definition) is 4. The molecule has 0 radical (unpaired) electrons. The summed E-state index contributed by atoms with van der Waals surface area (Å²) in [7, 11) is 4.18. The van der Waals surface area contributed by atoms with Gasteiger partial charge in [0.1, 0.15) is 0 Å². The van der Waals surface area contributed by atoms with E-state index >= 15 is 0 Å². The van der Waals surface area contributed by atoms with E-state index in [1.54, 1.807) is 0 Å². The molecule has 1 saturated carbocycles. The van der Waals surface area contributed by atoms with Crippen molar-refractivity contribution in [3.63, 3.8) is 0 Å². The second kappa shape index (κ2) is 11.7. The molecule has 2 saturated heterocycles. The monoisotopic (exact) mass is 421 g/mol. The molecule has 2 aliphatic heterocycles. The fourth-order valence-corrected chi connectivity index (χ4v) is 5.82. The highest BCUT2D eigenvalue weighted by Crippen LogP contribution is 2.40. The van der Waals surface area contributed by atoms with Gasteiger partial charge in [-0.15, -0.1) is 0 Å². The molecule has 2 heterocycles. The minimum absolute atomic E-state index is 0.282. The lowest BCUT2D eigenvalue weighted by Gasteiger charge is -2.50. The van der Waals surface area contributed by atoms with Crippen LogP contribution in [0.1, 0.15) is 71.1 Å². The highest BCUT2D eigenvalue weighted by Gasteiger charge is 2.40. The molecule has 0 aromatic rings. The van der Waals surface area contributed by atoms with Crippen molar-refractivity contribution in [2.75, 3.05) is 66.6 Å². The van der Waals surface area contributed by atoms with Gasteiger partial charge >= 0.3 is 0 Å². The van der Waals surface area contributed by atoms with Gasteiger partial charge in [-0.2, -0.15) is 0 Å². The quantitative estimate of drug-likeness (QED) is 0.340. The van der Waals surface area contributed by atoms with Crippen LogP contribution in [0, 0.1) is 5.41 Å². The Morgan fingerprint density at radius 1 is 0.900 bits per heavy atom. The molecular formula is C24H47N5O. The molecule has 30 heavy (non-hydrogen) atoms. The van der Waals surface area contributed by atoms with Crippen LogP contribution in [0.2, 0.25) is 0 Å². The van der Waals surface area contributed by atoms with E-state index in [-0.39, 0.29) is 5.54 Å². The lowest BCUT2D eigenvalue weighted by molar-refractivity contribution is 0.0172. The maximum Gasteiger partial charge on any atom is 0.191 e. The maximum absolute atomic E-state index is 5.69. The Hall–Kier alpha value is -0.850. The second-order valence-electron chi connectivity index (χ2n) is 10.0. The first-order chi connectivity index (χ1) is 14.6. The van der Waals surface area contributed by atoms with Crippen LogP contribution >= 0.6 is 0 Å². The third-order valence-corrected chi connectivity index (χ3v) is 8.03. The Kier molecular flexibility index (Phi) is 9.27. The summed E-state index contributed by atoms with van der Waals surface area (Å²) in [5.41, 5.74) is 0.662. The lowest BCUT2D eigenvalue weighted by atomic mass is 9.83. The number of piperidine rings is 2. The highest BCUT2D eigenvalue weighted by molar-refractivity contribution is 5.79. The number of rotatable bonds is 9. The maximum atomic E-state index is 5.69. The van der Waals surface area contributed by atoms with Gasteiger partial charge in [-0.3, -0.25) is 9.89 Å². The van der Waals surface area contributed by atoms with Gasteiger partial charge in [0.05, 0.1) is 0 Å². The molecule has 0 amide bonds. The topological polar surface area (TPSA) is 52.1 Å². The van der Waals surface area contributed by atoms with Gasteiger partial charge in [0.25, 0.3) is 0 Å². The van der Waals surface area contributed by atoms with Crippen LogP contribution in [0.5, 0.6) is 0 Å². The second-order valence-corrected chi connectivity index (χ2v) is 10.0. The third kappa shape index (κ3) is 6.33. The van der Waals surface area contributed by atoms with E-state index in [9.17, 15) is 0 Å². The van der Waals surface area contributed by atoms with Gasteiger partial charge in [-0.05, 0) is 90.5 Å². The van der Waals surface area contributed by atoms with Crippen LogP contribution in [0.4, 0.5) is 0 Å². The van der Waals surface area contributed by atoms with Crippen molar-refractivity contribution < 1.29 is 4.74 Å². The summed E-state index contributed by atoms with van der Waals surface area (Å²) >= 11 is 0. The van der Waals surface area contributed by atoms with Crippen LogP contribution in [-0.4, -0.2) is 87.9 Å². The van der Waals surface area contributed by atoms with Crippen LogP contribution in [0.3, 0.4) is 0 Å². The van der Waals surface area contributed by atoms with E-state index in [0.717, 1.165) is 38.7 Å². The van der Waals surface area contributed by atoms with Gasteiger partial charge in [0.15, 0.2) is 5.96 Å². The average molecular weight is 422 g/mol. The van der Waals surface area contributed by atoms with Gasteiger partial charge < -0.3 is 20.3 Å².